The molecule has 0 aromatic carbocycles. The van der Waals surface area contributed by atoms with Crippen LogP contribution in [0.5, 0.6) is 0 Å². The average molecular weight is 335 g/mol. The van der Waals surface area contributed by atoms with Crippen LogP contribution in [0.2, 0.25) is 0 Å². The minimum absolute atomic E-state index is 0.00172. The molecule has 2 aliphatic rings. The molecule has 2 fully saturated rings. The zero-order valence-electron chi connectivity index (χ0n) is 14.8. The molecule has 134 valence electrons. The second kappa shape index (κ2) is 8.09. The van der Waals surface area contributed by atoms with Crippen molar-refractivity contribution < 1.29 is 9.53 Å². The normalized spacial score (nSPS) is 25.8. The molecule has 0 saturated carbocycles. The molecule has 0 aliphatic carbocycles. The van der Waals surface area contributed by atoms with Crippen LogP contribution in [0, 0.1) is 0 Å². The largest absolute Gasteiger partial charge is 0.373 e. The molecule has 0 spiro atoms. The molecular formula is C17H29N5O2. The SMILES string of the molecule is CNCC(=O)N1CCO[C@@H](CN2CCCCC2)[C@@H]1c1cnn(C)c1. The molecule has 7 heteroatoms. The third-order valence-electron chi connectivity index (χ3n) is 4.95. The second-order valence-electron chi connectivity index (χ2n) is 6.78. The molecular weight excluding hydrogens is 306 g/mol. The maximum absolute atomic E-state index is 12.6. The number of rotatable bonds is 5. The molecule has 7 nitrogen and oxygen atoms in total. The van der Waals surface area contributed by atoms with Gasteiger partial charge in [-0.25, -0.2) is 0 Å². The Bertz CT molecular complexity index is 541. The van der Waals surface area contributed by atoms with Gasteiger partial charge in [0.1, 0.15) is 0 Å². The van der Waals surface area contributed by atoms with Gasteiger partial charge >= 0.3 is 0 Å². The minimum Gasteiger partial charge on any atom is -0.373 e. The highest BCUT2D eigenvalue weighted by Gasteiger charge is 2.37. The predicted molar refractivity (Wildman–Crippen MR) is 91.6 cm³/mol. The average Bonchev–Trinajstić information content (AvgIpc) is 3.02. The lowest BCUT2D eigenvalue weighted by Crippen LogP contribution is -2.53. The Hall–Kier alpha value is -1.44. The Labute approximate surface area is 143 Å². The molecule has 1 N–H and O–H groups in total. The van der Waals surface area contributed by atoms with E-state index < -0.39 is 0 Å². The topological polar surface area (TPSA) is 62.6 Å². The van der Waals surface area contributed by atoms with Gasteiger partial charge in [0.05, 0.1) is 31.5 Å². The maximum atomic E-state index is 12.6. The van der Waals surface area contributed by atoms with Crippen LogP contribution in [-0.4, -0.2) is 78.0 Å². The highest BCUT2D eigenvalue weighted by Crippen LogP contribution is 2.30. The summed E-state index contributed by atoms with van der Waals surface area (Å²) >= 11 is 0. The number of piperidine rings is 1. The Morgan fingerprint density at radius 1 is 1.33 bits per heavy atom. The maximum Gasteiger partial charge on any atom is 0.237 e. The number of aromatic nitrogens is 2. The molecule has 2 saturated heterocycles. The van der Waals surface area contributed by atoms with Gasteiger partial charge in [-0.2, -0.15) is 5.10 Å². The fourth-order valence-electron chi connectivity index (χ4n) is 3.80. The molecule has 2 aliphatic heterocycles. The van der Waals surface area contributed by atoms with E-state index in [0.717, 1.165) is 25.2 Å². The third-order valence-corrected chi connectivity index (χ3v) is 4.95. The van der Waals surface area contributed by atoms with E-state index >= 15 is 0 Å². The fraction of sp³-hybridized carbons (Fsp3) is 0.765. The molecule has 1 aromatic heterocycles. The molecule has 1 amide bonds. The van der Waals surface area contributed by atoms with Gasteiger partial charge in [-0.3, -0.25) is 9.48 Å². The summed E-state index contributed by atoms with van der Waals surface area (Å²) in [4.78, 5) is 17.0. The van der Waals surface area contributed by atoms with Crippen LogP contribution in [-0.2, 0) is 16.6 Å². The summed E-state index contributed by atoms with van der Waals surface area (Å²) in [7, 11) is 3.72. The highest BCUT2D eigenvalue weighted by molar-refractivity contribution is 5.79. The van der Waals surface area contributed by atoms with Gasteiger partial charge in [0.25, 0.3) is 0 Å². The fourth-order valence-corrected chi connectivity index (χ4v) is 3.80. The van der Waals surface area contributed by atoms with Crippen molar-refractivity contribution in [2.45, 2.75) is 31.4 Å². The number of morpholine rings is 1. The number of carbonyl (C=O) groups is 1. The van der Waals surface area contributed by atoms with Gasteiger partial charge in [-0.1, -0.05) is 6.42 Å². The molecule has 0 radical (unpaired) electrons. The van der Waals surface area contributed by atoms with E-state index in [9.17, 15) is 4.79 Å². The number of ether oxygens (including phenoxy) is 1. The van der Waals surface area contributed by atoms with Gasteiger partial charge in [-0.15, -0.1) is 0 Å². The first-order valence-electron chi connectivity index (χ1n) is 8.95. The number of nitrogens with one attached hydrogen (secondary N) is 1. The molecule has 3 rings (SSSR count). The van der Waals surface area contributed by atoms with Crippen LogP contribution in [0.1, 0.15) is 30.9 Å². The first-order chi connectivity index (χ1) is 11.7. The van der Waals surface area contributed by atoms with Gasteiger partial charge in [0.15, 0.2) is 0 Å². The summed E-state index contributed by atoms with van der Waals surface area (Å²) in [5.41, 5.74) is 1.06. The molecule has 3 heterocycles. The van der Waals surface area contributed by atoms with E-state index in [4.69, 9.17) is 4.74 Å². The van der Waals surface area contributed by atoms with Crippen molar-refractivity contribution in [2.75, 3.05) is 46.4 Å². The van der Waals surface area contributed by atoms with E-state index in [-0.39, 0.29) is 18.1 Å². The summed E-state index contributed by atoms with van der Waals surface area (Å²) in [5, 5.41) is 7.28. The van der Waals surface area contributed by atoms with Crippen LogP contribution < -0.4 is 5.32 Å². The Morgan fingerprint density at radius 2 is 2.12 bits per heavy atom. The van der Waals surface area contributed by atoms with Crippen molar-refractivity contribution >= 4 is 5.91 Å². The van der Waals surface area contributed by atoms with E-state index in [2.05, 4.69) is 15.3 Å². The first kappa shape index (κ1) is 17.4. The Morgan fingerprint density at radius 3 is 2.79 bits per heavy atom. The number of amides is 1. The van der Waals surface area contributed by atoms with E-state index in [1.807, 2.05) is 31.4 Å². The summed E-state index contributed by atoms with van der Waals surface area (Å²) in [5.74, 6) is 0.123. The lowest BCUT2D eigenvalue weighted by Gasteiger charge is -2.43. The lowest BCUT2D eigenvalue weighted by molar-refractivity contribution is -0.147. The predicted octanol–water partition coefficient (Wildman–Crippen LogP) is 0.394. The zero-order valence-corrected chi connectivity index (χ0v) is 14.8. The number of likely N-dealkylation sites (N-methyl/N-ethyl adjacent to an activating group) is 1. The number of likely N-dealkylation sites (tertiary alicyclic amines) is 1. The van der Waals surface area contributed by atoms with E-state index in [1.165, 1.54) is 19.3 Å². The number of aryl methyl sites for hydroxylation is 1. The number of nitrogens with zero attached hydrogens (tertiary/aromatic N) is 4. The van der Waals surface area contributed by atoms with Gasteiger partial charge < -0.3 is 19.9 Å². The van der Waals surface area contributed by atoms with Gasteiger partial charge in [0.2, 0.25) is 5.91 Å². The van der Waals surface area contributed by atoms with Crippen molar-refractivity contribution in [1.29, 1.82) is 0 Å². The van der Waals surface area contributed by atoms with Crippen molar-refractivity contribution in [2.24, 2.45) is 7.05 Å². The highest BCUT2D eigenvalue weighted by atomic mass is 16.5. The Balaban J connectivity index is 1.80. The Kier molecular flexibility index (Phi) is 5.86. The summed E-state index contributed by atoms with van der Waals surface area (Å²) in [6, 6.07) is -0.0600. The van der Waals surface area contributed by atoms with Crippen LogP contribution in [0.3, 0.4) is 0 Å². The quantitative estimate of drug-likeness (QED) is 0.844. The van der Waals surface area contributed by atoms with Crippen molar-refractivity contribution in [3.8, 4) is 0 Å². The van der Waals surface area contributed by atoms with Crippen molar-refractivity contribution in [3.63, 3.8) is 0 Å². The number of hydrogen-bond acceptors (Lipinski definition) is 5. The first-order valence-corrected chi connectivity index (χ1v) is 8.95. The van der Waals surface area contributed by atoms with Gasteiger partial charge in [0, 0.05) is 31.9 Å². The van der Waals surface area contributed by atoms with Crippen LogP contribution in [0.15, 0.2) is 12.4 Å². The number of hydrogen-bond donors (Lipinski definition) is 1. The summed E-state index contributed by atoms with van der Waals surface area (Å²) in [6.45, 7) is 4.73. The van der Waals surface area contributed by atoms with Crippen molar-refractivity contribution in [3.05, 3.63) is 18.0 Å². The summed E-state index contributed by atoms with van der Waals surface area (Å²) in [6.07, 6.45) is 7.70. The minimum atomic E-state index is -0.0600. The number of carbonyl (C=O) groups excluding carboxylic acids is 1. The second-order valence-corrected chi connectivity index (χ2v) is 6.78. The van der Waals surface area contributed by atoms with Crippen molar-refractivity contribution in [1.82, 2.24) is 24.9 Å². The van der Waals surface area contributed by atoms with Crippen LogP contribution in [0.25, 0.3) is 0 Å². The lowest BCUT2D eigenvalue weighted by atomic mass is 9.99. The zero-order chi connectivity index (χ0) is 16.9. The van der Waals surface area contributed by atoms with Crippen LogP contribution in [0.4, 0.5) is 0 Å². The van der Waals surface area contributed by atoms with Gasteiger partial charge in [-0.05, 0) is 33.0 Å². The third kappa shape index (κ3) is 3.96. The molecule has 2 atom stereocenters. The summed E-state index contributed by atoms with van der Waals surface area (Å²) < 4.78 is 7.92. The molecule has 24 heavy (non-hydrogen) atoms. The monoisotopic (exact) mass is 335 g/mol. The molecule has 0 bridgehead atoms. The van der Waals surface area contributed by atoms with E-state index in [0.29, 0.717) is 19.7 Å². The molecule has 1 aromatic rings. The molecule has 0 unspecified atom stereocenters. The van der Waals surface area contributed by atoms with Crippen LogP contribution >= 0.6 is 0 Å². The standard InChI is InChI=1S/C17H29N5O2/c1-18-11-16(23)22-8-9-24-15(13-21-6-4-3-5-7-21)17(22)14-10-19-20(2)12-14/h10,12,15,17-18H,3-9,11,13H2,1-2H3/t15-,17-/m0/s1. The smallest absolute Gasteiger partial charge is 0.237 e. The van der Waals surface area contributed by atoms with E-state index in [1.54, 1.807) is 4.68 Å².